The molecule has 2 aliphatic heterocycles. The SMILES string of the molecule is Cc1cn([C@@H]2O[C@H](CO[Si](C)(C)C(C)(C)C)C3(OS(=O)(=O)C=C3N)[C@H]2O[Si](C)(C)C(C)(C)C)c(=O)n(CC(=O)N(C)C)c1=O. The molecule has 1 spiro atoms. The molecule has 3 heterocycles. The van der Waals surface area contributed by atoms with E-state index >= 15 is 0 Å². The Morgan fingerprint density at radius 1 is 1.07 bits per heavy atom. The molecule has 0 aromatic carbocycles. The van der Waals surface area contributed by atoms with Gasteiger partial charge in [0.15, 0.2) is 28.5 Å². The second-order valence-corrected chi connectivity index (χ2v) is 26.0. The Balaban J connectivity index is 2.31. The lowest BCUT2D eigenvalue weighted by molar-refractivity contribution is -0.129. The number of amides is 1. The lowest BCUT2D eigenvalue weighted by Crippen LogP contribution is -2.59. The van der Waals surface area contributed by atoms with Crippen LogP contribution in [0.1, 0.15) is 53.3 Å². The summed E-state index contributed by atoms with van der Waals surface area (Å²) in [6, 6.07) is 0. The van der Waals surface area contributed by atoms with Crippen LogP contribution >= 0.6 is 0 Å². The van der Waals surface area contributed by atoms with Crippen molar-refractivity contribution in [1.82, 2.24) is 14.0 Å². The minimum atomic E-state index is -4.26. The van der Waals surface area contributed by atoms with Crippen molar-refractivity contribution in [1.29, 1.82) is 0 Å². The molecule has 1 amide bonds. The van der Waals surface area contributed by atoms with Gasteiger partial charge in [0.2, 0.25) is 5.91 Å². The molecule has 0 bridgehead atoms. The third-order valence-corrected chi connectivity index (χ3v) is 19.5. The molecule has 1 unspecified atom stereocenters. The van der Waals surface area contributed by atoms with E-state index in [1.54, 1.807) is 0 Å². The van der Waals surface area contributed by atoms with Crippen LogP contribution < -0.4 is 17.0 Å². The first-order chi connectivity index (χ1) is 19.7. The van der Waals surface area contributed by atoms with E-state index in [0.717, 1.165) is 9.98 Å². The zero-order valence-corrected chi connectivity index (χ0v) is 31.1. The minimum Gasteiger partial charge on any atom is -0.414 e. The summed E-state index contributed by atoms with van der Waals surface area (Å²) in [5.41, 5.74) is 3.24. The van der Waals surface area contributed by atoms with Crippen LogP contribution in [0, 0.1) is 6.92 Å². The largest absolute Gasteiger partial charge is 0.414 e. The smallest absolute Gasteiger partial charge is 0.333 e. The van der Waals surface area contributed by atoms with E-state index in [9.17, 15) is 22.8 Å². The van der Waals surface area contributed by atoms with Gasteiger partial charge in [-0.1, -0.05) is 41.5 Å². The van der Waals surface area contributed by atoms with Crippen molar-refractivity contribution < 1.29 is 31.0 Å². The van der Waals surface area contributed by atoms with Gasteiger partial charge in [0.25, 0.3) is 15.7 Å². The molecule has 3 rings (SSSR count). The number of carbonyl (C=O) groups excluding carboxylic acids is 1. The molecular weight excluding hydrogens is 625 g/mol. The van der Waals surface area contributed by atoms with Gasteiger partial charge in [-0.25, -0.2) is 8.98 Å². The Hall–Kier alpha value is -2.09. The average Bonchev–Trinajstić information content (AvgIpc) is 3.27. The van der Waals surface area contributed by atoms with Crippen molar-refractivity contribution in [2.45, 2.75) is 115 Å². The van der Waals surface area contributed by atoms with E-state index < -0.39 is 74.5 Å². The van der Waals surface area contributed by atoms with Crippen LogP contribution in [0.3, 0.4) is 0 Å². The monoisotopic (exact) mass is 674 g/mol. The highest BCUT2D eigenvalue weighted by Crippen LogP contribution is 2.52. The van der Waals surface area contributed by atoms with E-state index in [-0.39, 0.29) is 27.9 Å². The number of ether oxygens (including phenoxy) is 1. The second kappa shape index (κ2) is 11.6. The molecule has 44 heavy (non-hydrogen) atoms. The molecule has 2 N–H and O–H groups in total. The minimum absolute atomic E-state index is 0.0963. The molecule has 0 aliphatic carbocycles. The van der Waals surface area contributed by atoms with Gasteiger partial charge >= 0.3 is 5.69 Å². The highest BCUT2D eigenvalue weighted by atomic mass is 32.2. The van der Waals surface area contributed by atoms with Gasteiger partial charge in [0.1, 0.15) is 18.8 Å². The first-order valence-corrected chi connectivity index (χ1v) is 21.9. The van der Waals surface area contributed by atoms with Crippen molar-refractivity contribution >= 4 is 32.7 Å². The molecule has 1 aromatic rings. The van der Waals surface area contributed by atoms with Gasteiger partial charge in [-0.3, -0.25) is 18.7 Å². The number of likely N-dealkylation sites (N-methyl/N-ethyl adjacent to an activating group) is 1. The molecule has 2 aliphatic rings. The number of rotatable bonds is 8. The maximum atomic E-state index is 14.0. The molecule has 1 saturated heterocycles. The number of hydrogen-bond acceptors (Lipinski definition) is 10. The lowest BCUT2D eigenvalue weighted by atomic mass is 9.89. The van der Waals surface area contributed by atoms with Crippen molar-refractivity contribution in [3.63, 3.8) is 0 Å². The first kappa shape index (κ1) is 36.4. The molecule has 0 saturated carbocycles. The van der Waals surface area contributed by atoms with Crippen LogP contribution in [-0.4, -0.2) is 83.5 Å². The van der Waals surface area contributed by atoms with Gasteiger partial charge in [-0.15, -0.1) is 0 Å². The van der Waals surface area contributed by atoms with Gasteiger partial charge in [0.05, 0.1) is 17.7 Å². The van der Waals surface area contributed by atoms with Crippen LogP contribution in [0.4, 0.5) is 0 Å². The Kier molecular flexibility index (Phi) is 9.60. The molecular formula is C28H50N4O9SSi2. The number of nitrogens with two attached hydrogens (primary N) is 1. The lowest BCUT2D eigenvalue weighted by Gasteiger charge is -2.43. The number of nitrogens with zero attached hydrogens (tertiary/aromatic N) is 3. The zero-order valence-electron chi connectivity index (χ0n) is 28.3. The Labute approximate surface area is 262 Å². The summed E-state index contributed by atoms with van der Waals surface area (Å²) in [5.74, 6) is -0.461. The van der Waals surface area contributed by atoms with Crippen LogP contribution in [0.15, 0.2) is 26.9 Å². The summed E-state index contributed by atoms with van der Waals surface area (Å²) in [7, 11) is -6.36. The van der Waals surface area contributed by atoms with E-state index in [4.69, 9.17) is 23.5 Å². The van der Waals surface area contributed by atoms with E-state index in [0.29, 0.717) is 0 Å². The zero-order chi connectivity index (χ0) is 34.0. The predicted octanol–water partition coefficient (Wildman–Crippen LogP) is 2.62. The quantitative estimate of drug-likeness (QED) is 0.321. The number of carbonyl (C=O) groups is 1. The van der Waals surface area contributed by atoms with Gasteiger partial charge < -0.3 is 24.2 Å². The summed E-state index contributed by atoms with van der Waals surface area (Å²) < 4.78 is 53.8. The molecule has 13 nitrogen and oxygen atoms in total. The number of aromatic nitrogens is 2. The predicted molar refractivity (Wildman–Crippen MR) is 173 cm³/mol. The van der Waals surface area contributed by atoms with E-state index in [1.807, 2.05) is 47.0 Å². The fourth-order valence-electron chi connectivity index (χ4n) is 4.57. The van der Waals surface area contributed by atoms with E-state index in [2.05, 4.69) is 20.8 Å². The first-order valence-electron chi connectivity index (χ1n) is 14.6. The maximum absolute atomic E-state index is 14.0. The maximum Gasteiger partial charge on any atom is 0.333 e. The van der Waals surface area contributed by atoms with Crippen molar-refractivity contribution in [2.24, 2.45) is 5.73 Å². The highest BCUT2D eigenvalue weighted by Gasteiger charge is 2.67. The van der Waals surface area contributed by atoms with Gasteiger partial charge in [-0.05, 0) is 43.2 Å². The fraction of sp³-hybridized carbons (Fsp3) is 0.750. The van der Waals surface area contributed by atoms with Crippen LogP contribution in [-0.2, 0) is 39.2 Å². The van der Waals surface area contributed by atoms with Crippen molar-refractivity contribution in [3.05, 3.63) is 43.7 Å². The van der Waals surface area contributed by atoms with Crippen LogP contribution in [0.2, 0.25) is 36.3 Å². The Morgan fingerprint density at radius 3 is 2.07 bits per heavy atom. The molecule has 0 radical (unpaired) electrons. The topological polar surface area (TPSA) is 161 Å². The van der Waals surface area contributed by atoms with Gasteiger partial charge in [0, 0.05) is 25.9 Å². The Morgan fingerprint density at radius 2 is 1.61 bits per heavy atom. The number of aryl methyl sites for hydroxylation is 1. The number of hydrogen-bond donors (Lipinski definition) is 1. The third kappa shape index (κ3) is 6.57. The highest BCUT2D eigenvalue weighted by molar-refractivity contribution is 7.90. The molecule has 1 aromatic heterocycles. The van der Waals surface area contributed by atoms with Crippen molar-refractivity contribution in [3.8, 4) is 0 Å². The normalized spacial score (nSPS) is 25.8. The van der Waals surface area contributed by atoms with E-state index in [1.165, 1.54) is 36.7 Å². The fourth-order valence-corrected chi connectivity index (χ4v) is 8.08. The molecule has 1 fully saturated rings. The van der Waals surface area contributed by atoms with Crippen LogP contribution in [0.25, 0.3) is 0 Å². The van der Waals surface area contributed by atoms with Crippen LogP contribution in [0.5, 0.6) is 0 Å². The summed E-state index contributed by atoms with van der Waals surface area (Å²) in [6.45, 7) is 21.2. The average molecular weight is 675 g/mol. The molecule has 16 heteroatoms. The summed E-state index contributed by atoms with van der Waals surface area (Å²) in [6.07, 6.45) is -2.30. The summed E-state index contributed by atoms with van der Waals surface area (Å²) >= 11 is 0. The second-order valence-electron chi connectivity index (χ2n) is 15.0. The molecule has 250 valence electrons. The summed E-state index contributed by atoms with van der Waals surface area (Å²) in [4.78, 5) is 40.9. The van der Waals surface area contributed by atoms with Gasteiger partial charge in [-0.2, -0.15) is 8.42 Å². The molecule has 4 atom stereocenters. The third-order valence-electron chi connectivity index (χ3n) is 9.50. The Bertz CT molecular complexity index is 1550. The summed E-state index contributed by atoms with van der Waals surface area (Å²) in [5, 5.41) is 0.328. The standard InChI is InChI=1S/C28H50N4O9SSi2/c1-18-14-32(25(35)31(23(18)34)15-21(33)30(8)9)24-22(40-44(12,13)27(5,6)7)28(19(29)17-42(36,37)41-28)20(39-24)16-38-43(10,11)26(2,3)4/h14,17,20,22,24H,15-16,29H2,1-13H3/t20-,22+,24-,28?/m1/s1. The van der Waals surface area contributed by atoms with Crippen molar-refractivity contribution in [2.75, 3.05) is 20.7 Å².